The molecule has 0 fully saturated rings. The molecule has 0 amide bonds. The standard InChI is InChI=1S/C12H12N2O2/c15-6-11(16)12-9-4-2-1-3-8(9)10-5-13-7-14(10)12/h1-5,7,11-12,15-16H,6H2/t11-,12-/m1/s1. The second kappa shape index (κ2) is 3.43. The maximum atomic E-state index is 9.87. The first kappa shape index (κ1) is 9.57. The number of hydrogen-bond donors (Lipinski definition) is 2. The van der Waals surface area contributed by atoms with Crippen molar-refractivity contribution < 1.29 is 10.2 Å². The number of benzene rings is 1. The topological polar surface area (TPSA) is 58.3 Å². The van der Waals surface area contributed by atoms with Crippen LogP contribution in [-0.4, -0.2) is 32.5 Å². The van der Waals surface area contributed by atoms with Crippen molar-refractivity contribution in [2.24, 2.45) is 0 Å². The van der Waals surface area contributed by atoms with E-state index >= 15 is 0 Å². The number of hydrogen-bond acceptors (Lipinski definition) is 3. The van der Waals surface area contributed by atoms with Crippen molar-refractivity contribution in [3.63, 3.8) is 0 Å². The largest absolute Gasteiger partial charge is 0.394 e. The second-order valence-corrected chi connectivity index (χ2v) is 3.97. The first-order valence-electron chi connectivity index (χ1n) is 5.23. The number of nitrogens with zero attached hydrogens (tertiary/aromatic N) is 2. The number of aliphatic hydroxyl groups is 2. The molecular formula is C12H12N2O2. The van der Waals surface area contributed by atoms with E-state index in [1.807, 2.05) is 28.8 Å². The summed E-state index contributed by atoms with van der Waals surface area (Å²) in [4.78, 5) is 4.08. The Morgan fingerprint density at radius 1 is 1.38 bits per heavy atom. The lowest BCUT2D eigenvalue weighted by atomic mass is 10.00. The maximum absolute atomic E-state index is 9.87. The van der Waals surface area contributed by atoms with E-state index in [-0.39, 0.29) is 12.6 Å². The van der Waals surface area contributed by atoms with Crippen LogP contribution in [0.25, 0.3) is 11.3 Å². The molecule has 16 heavy (non-hydrogen) atoms. The van der Waals surface area contributed by atoms with Crippen molar-refractivity contribution in [3.8, 4) is 11.3 Å². The third kappa shape index (κ3) is 1.14. The van der Waals surface area contributed by atoms with Gasteiger partial charge in [-0.3, -0.25) is 0 Å². The zero-order valence-electron chi connectivity index (χ0n) is 8.61. The third-order valence-corrected chi connectivity index (χ3v) is 3.07. The van der Waals surface area contributed by atoms with Crippen LogP contribution in [0.15, 0.2) is 36.8 Å². The summed E-state index contributed by atoms with van der Waals surface area (Å²) >= 11 is 0. The molecule has 0 bridgehead atoms. The van der Waals surface area contributed by atoms with Gasteiger partial charge in [-0.25, -0.2) is 4.98 Å². The molecule has 82 valence electrons. The van der Waals surface area contributed by atoms with Gasteiger partial charge >= 0.3 is 0 Å². The van der Waals surface area contributed by atoms with Crippen LogP contribution in [0.4, 0.5) is 0 Å². The smallest absolute Gasteiger partial charge is 0.102 e. The quantitative estimate of drug-likeness (QED) is 0.781. The summed E-state index contributed by atoms with van der Waals surface area (Å²) in [5, 5.41) is 19.0. The monoisotopic (exact) mass is 216 g/mol. The molecular weight excluding hydrogens is 204 g/mol. The fourth-order valence-corrected chi connectivity index (χ4v) is 2.37. The molecule has 0 unspecified atom stereocenters. The van der Waals surface area contributed by atoms with Gasteiger partial charge in [0.15, 0.2) is 0 Å². The minimum atomic E-state index is -0.795. The summed E-state index contributed by atoms with van der Waals surface area (Å²) in [6.45, 7) is -0.253. The highest BCUT2D eigenvalue weighted by molar-refractivity contribution is 5.69. The summed E-state index contributed by atoms with van der Waals surface area (Å²) < 4.78 is 1.91. The first-order valence-corrected chi connectivity index (χ1v) is 5.23. The van der Waals surface area contributed by atoms with E-state index in [2.05, 4.69) is 4.98 Å². The van der Waals surface area contributed by atoms with Crippen LogP contribution in [0.1, 0.15) is 11.6 Å². The van der Waals surface area contributed by atoms with Crippen LogP contribution in [0, 0.1) is 0 Å². The molecule has 3 rings (SSSR count). The molecule has 2 atom stereocenters. The van der Waals surface area contributed by atoms with Crippen molar-refractivity contribution in [2.75, 3.05) is 6.61 Å². The number of rotatable bonds is 2. The van der Waals surface area contributed by atoms with Crippen molar-refractivity contribution >= 4 is 0 Å². The van der Waals surface area contributed by atoms with E-state index in [4.69, 9.17) is 5.11 Å². The zero-order chi connectivity index (χ0) is 11.1. The molecule has 2 aromatic rings. The Hall–Kier alpha value is -1.65. The molecule has 0 radical (unpaired) electrons. The average molecular weight is 216 g/mol. The number of imidazole rings is 1. The van der Waals surface area contributed by atoms with Gasteiger partial charge in [-0.15, -0.1) is 0 Å². The van der Waals surface area contributed by atoms with Crippen molar-refractivity contribution in [3.05, 3.63) is 42.4 Å². The molecule has 0 saturated carbocycles. The fraction of sp³-hybridized carbons (Fsp3) is 0.250. The SMILES string of the molecule is OC[C@@H](O)[C@H]1c2ccccc2-c2cncn21. The lowest BCUT2D eigenvalue weighted by Gasteiger charge is -2.19. The van der Waals surface area contributed by atoms with Gasteiger partial charge in [0.25, 0.3) is 0 Å². The zero-order valence-corrected chi connectivity index (χ0v) is 8.61. The molecule has 1 aliphatic rings. The molecule has 1 aromatic heterocycles. The molecule has 0 saturated heterocycles. The van der Waals surface area contributed by atoms with Gasteiger partial charge < -0.3 is 14.8 Å². The molecule has 4 nitrogen and oxygen atoms in total. The van der Waals surface area contributed by atoms with Gasteiger partial charge in [0.1, 0.15) is 6.10 Å². The minimum Gasteiger partial charge on any atom is -0.394 e. The van der Waals surface area contributed by atoms with Crippen molar-refractivity contribution in [2.45, 2.75) is 12.1 Å². The van der Waals surface area contributed by atoms with E-state index < -0.39 is 6.10 Å². The molecule has 1 aliphatic heterocycles. The van der Waals surface area contributed by atoms with E-state index in [0.29, 0.717) is 0 Å². The van der Waals surface area contributed by atoms with Crippen LogP contribution in [0.3, 0.4) is 0 Å². The van der Waals surface area contributed by atoms with Crippen LogP contribution < -0.4 is 0 Å². The van der Waals surface area contributed by atoms with Crippen LogP contribution in [0.5, 0.6) is 0 Å². The predicted molar refractivity (Wildman–Crippen MR) is 58.9 cm³/mol. The third-order valence-electron chi connectivity index (χ3n) is 3.07. The van der Waals surface area contributed by atoms with Gasteiger partial charge in [-0.05, 0) is 5.56 Å². The van der Waals surface area contributed by atoms with E-state index in [1.54, 1.807) is 12.5 Å². The Bertz CT molecular complexity index is 521. The van der Waals surface area contributed by atoms with Gasteiger partial charge in [-0.2, -0.15) is 0 Å². The lowest BCUT2D eigenvalue weighted by Crippen LogP contribution is -2.25. The predicted octanol–water partition coefficient (Wildman–Crippen LogP) is 0.806. The van der Waals surface area contributed by atoms with Crippen LogP contribution in [-0.2, 0) is 0 Å². The van der Waals surface area contributed by atoms with Crippen molar-refractivity contribution in [1.82, 2.24) is 9.55 Å². The van der Waals surface area contributed by atoms with Gasteiger partial charge in [0.2, 0.25) is 0 Å². The fourth-order valence-electron chi connectivity index (χ4n) is 2.37. The summed E-state index contributed by atoms with van der Waals surface area (Å²) in [6.07, 6.45) is 2.68. The summed E-state index contributed by atoms with van der Waals surface area (Å²) in [7, 11) is 0. The average Bonchev–Trinajstić information content (AvgIpc) is 2.87. The molecule has 2 N–H and O–H groups in total. The Balaban J connectivity index is 2.21. The number of fused-ring (bicyclic) bond motifs is 3. The summed E-state index contributed by atoms with van der Waals surface area (Å²) in [5.41, 5.74) is 3.12. The Kier molecular flexibility index (Phi) is 2.05. The molecule has 4 heteroatoms. The minimum absolute atomic E-state index is 0.223. The summed E-state index contributed by atoms with van der Waals surface area (Å²) in [6, 6.07) is 7.66. The summed E-state index contributed by atoms with van der Waals surface area (Å²) in [5.74, 6) is 0. The first-order chi connectivity index (χ1) is 7.83. The molecule has 2 heterocycles. The lowest BCUT2D eigenvalue weighted by molar-refractivity contribution is 0.0663. The number of aliphatic hydroxyl groups excluding tert-OH is 2. The van der Waals surface area contributed by atoms with Gasteiger partial charge in [0.05, 0.1) is 30.9 Å². The molecule has 1 aromatic carbocycles. The number of aromatic nitrogens is 2. The van der Waals surface area contributed by atoms with Gasteiger partial charge in [0, 0.05) is 5.56 Å². The second-order valence-electron chi connectivity index (χ2n) is 3.97. The highest BCUT2D eigenvalue weighted by Gasteiger charge is 2.32. The Morgan fingerprint density at radius 3 is 3.00 bits per heavy atom. The Labute approximate surface area is 92.8 Å². The Morgan fingerprint density at radius 2 is 2.19 bits per heavy atom. The van der Waals surface area contributed by atoms with Crippen molar-refractivity contribution in [1.29, 1.82) is 0 Å². The van der Waals surface area contributed by atoms with Crippen LogP contribution >= 0.6 is 0 Å². The van der Waals surface area contributed by atoms with E-state index in [1.165, 1.54) is 0 Å². The van der Waals surface area contributed by atoms with Crippen LogP contribution in [0.2, 0.25) is 0 Å². The normalized spacial score (nSPS) is 19.2. The molecule has 0 aliphatic carbocycles. The highest BCUT2D eigenvalue weighted by Crippen LogP contribution is 2.40. The van der Waals surface area contributed by atoms with E-state index in [0.717, 1.165) is 16.8 Å². The van der Waals surface area contributed by atoms with Gasteiger partial charge in [-0.1, -0.05) is 24.3 Å². The highest BCUT2D eigenvalue weighted by atomic mass is 16.3. The van der Waals surface area contributed by atoms with E-state index in [9.17, 15) is 5.11 Å². The maximum Gasteiger partial charge on any atom is 0.102 e. The molecule has 0 spiro atoms.